The highest BCUT2D eigenvalue weighted by Gasteiger charge is 2.33. The van der Waals surface area contributed by atoms with Crippen LogP contribution in [0.2, 0.25) is 0 Å². The lowest BCUT2D eigenvalue weighted by molar-refractivity contribution is -0.137. The van der Waals surface area contributed by atoms with Gasteiger partial charge in [-0.1, -0.05) is 20.3 Å². The van der Waals surface area contributed by atoms with Crippen LogP contribution in [0.25, 0.3) is 11.4 Å². The summed E-state index contributed by atoms with van der Waals surface area (Å²) in [7, 11) is -2.10. The lowest BCUT2D eigenvalue weighted by Crippen LogP contribution is -2.11. The quantitative estimate of drug-likeness (QED) is 0.814. The Morgan fingerprint density at radius 2 is 1.88 bits per heavy atom. The summed E-state index contributed by atoms with van der Waals surface area (Å²) in [5.41, 5.74) is 0.100. The Bertz CT molecular complexity index is 839. The molecular formula is C16H19F3N2O2S. The van der Waals surface area contributed by atoms with Crippen LogP contribution in [0.15, 0.2) is 29.3 Å². The molecule has 0 bridgehead atoms. The van der Waals surface area contributed by atoms with Gasteiger partial charge in [0.15, 0.2) is 9.84 Å². The van der Waals surface area contributed by atoms with Crippen LogP contribution in [0.4, 0.5) is 13.2 Å². The Morgan fingerprint density at radius 1 is 1.21 bits per heavy atom. The fourth-order valence-electron chi connectivity index (χ4n) is 2.48. The number of aromatic nitrogens is 2. The molecule has 0 aliphatic heterocycles. The third-order valence-corrected chi connectivity index (χ3v) is 5.62. The van der Waals surface area contributed by atoms with E-state index in [0.29, 0.717) is 11.9 Å². The highest BCUT2D eigenvalue weighted by Crippen LogP contribution is 2.35. The van der Waals surface area contributed by atoms with E-state index in [1.807, 2.05) is 6.92 Å². The predicted octanol–water partition coefficient (Wildman–Crippen LogP) is 3.85. The van der Waals surface area contributed by atoms with Gasteiger partial charge in [-0.15, -0.1) is 0 Å². The number of aryl methyl sites for hydroxylation is 1. The summed E-state index contributed by atoms with van der Waals surface area (Å²) in [6, 6.07) is 2.77. The molecule has 0 amide bonds. The second-order valence-corrected chi connectivity index (χ2v) is 7.74. The van der Waals surface area contributed by atoms with Crippen molar-refractivity contribution in [1.29, 1.82) is 0 Å². The van der Waals surface area contributed by atoms with Crippen molar-refractivity contribution in [3.8, 4) is 11.4 Å². The summed E-state index contributed by atoms with van der Waals surface area (Å²) in [5.74, 6) is 0.0623. The molecule has 24 heavy (non-hydrogen) atoms. The van der Waals surface area contributed by atoms with E-state index < -0.39 is 21.6 Å². The van der Waals surface area contributed by atoms with Gasteiger partial charge in [-0.25, -0.2) is 13.4 Å². The van der Waals surface area contributed by atoms with Gasteiger partial charge in [0.05, 0.1) is 16.2 Å². The van der Waals surface area contributed by atoms with Crippen LogP contribution in [0.1, 0.15) is 31.5 Å². The summed E-state index contributed by atoms with van der Waals surface area (Å²) in [5, 5.41) is 0. The van der Waals surface area contributed by atoms with Crippen molar-refractivity contribution < 1.29 is 21.6 Å². The van der Waals surface area contributed by atoms with Crippen molar-refractivity contribution in [1.82, 2.24) is 9.55 Å². The highest BCUT2D eigenvalue weighted by molar-refractivity contribution is 7.91. The van der Waals surface area contributed by atoms with E-state index >= 15 is 0 Å². The zero-order valence-electron chi connectivity index (χ0n) is 13.7. The fourth-order valence-corrected chi connectivity index (χ4v) is 3.59. The van der Waals surface area contributed by atoms with Crippen molar-refractivity contribution in [2.24, 2.45) is 7.05 Å². The van der Waals surface area contributed by atoms with Crippen LogP contribution < -0.4 is 0 Å². The van der Waals surface area contributed by atoms with Crippen LogP contribution in [0.5, 0.6) is 0 Å². The number of sulfone groups is 1. The Balaban J connectivity index is 2.71. The van der Waals surface area contributed by atoms with Gasteiger partial charge in [0.1, 0.15) is 5.82 Å². The molecule has 2 rings (SSSR count). The normalized spacial score (nSPS) is 12.6. The standard InChI is InChI=1S/C16H19F3N2O2S/c1-4-6-12-10-20-15(21(12)3)13-8-7-11(16(17,18)19)9-14(13)24(22,23)5-2/h7-10H,4-6H2,1-3H3. The van der Waals surface area contributed by atoms with E-state index in [-0.39, 0.29) is 16.2 Å². The zero-order valence-corrected chi connectivity index (χ0v) is 14.5. The second kappa shape index (κ2) is 6.58. The van der Waals surface area contributed by atoms with Crippen LogP contribution in [0, 0.1) is 0 Å². The number of rotatable bonds is 5. The summed E-state index contributed by atoms with van der Waals surface area (Å²) < 4.78 is 65.2. The molecule has 0 saturated heterocycles. The van der Waals surface area contributed by atoms with Crippen molar-refractivity contribution in [2.75, 3.05) is 5.75 Å². The van der Waals surface area contributed by atoms with Gasteiger partial charge in [-0.05, 0) is 24.6 Å². The number of imidazole rings is 1. The molecular weight excluding hydrogens is 341 g/mol. The molecule has 0 aliphatic carbocycles. The fraction of sp³-hybridized carbons (Fsp3) is 0.438. The van der Waals surface area contributed by atoms with Crippen LogP contribution in [-0.4, -0.2) is 23.7 Å². The smallest absolute Gasteiger partial charge is 0.331 e. The van der Waals surface area contributed by atoms with E-state index in [9.17, 15) is 21.6 Å². The number of hydrogen-bond donors (Lipinski definition) is 0. The number of hydrogen-bond acceptors (Lipinski definition) is 3. The second-order valence-electron chi connectivity index (χ2n) is 5.49. The first-order chi connectivity index (χ1) is 11.1. The van der Waals surface area contributed by atoms with Gasteiger partial charge in [-0.2, -0.15) is 13.2 Å². The third kappa shape index (κ3) is 3.48. The minimum absolute atomic E-state index is 0.190. The molecule has 1 aromatic heterocycles. The van der Waals surface area contributed by atoms with Crippen molar-refractivity contribution >= 4 is 9.84 Å². The molecule has 0 aliphatic rings. The van der Waals surface area contributed by atoms with E-state index in [0.717, 1.165) is 24.6 Å². The number of halogens is 3. The van der Waals surface area contributed by atoms with E-state index in [2.05, 4.69) is 4.98 Å². The SMILES string of the molecule is CCCc1cnc(-c2ccc(C(F)(F)F)cc2S(=O)(=O)CC)n1C. The van der Waals surface area contributed by atoms with Gasteiger partial charge in [0, 0.05) is 24.5 Å². The molecule has 0 spiro atoms. The van der Waals surface area contributed by atoms with E-state index in [4.69, 9.17) is 0 Å². The maximum Gasteiger partial charge on any atom is 0.416 e. The topological polar surface area (TPSA) is 52.0 Å². The largest absolute Gasteiger partial charge is 0.416 e. The summed E-state index contributed by atoms with van der Waals surface area (Å²) in [4.78, 5) is 3.89. The van der Waals surface area contributed by atoms with E-state index in [1.54, 1.807) is 17.8 Å². The summed E-state index contributed by atoms with van der Waals surface area (Å²) in [6.07, 6.45) is -1.35. The molecule has 0 atom stereocenters. The molecule has 132 valence electrons. The van der Waals surface area contributed by atoms with Gasteiger partial charge < -0.3 is 4.57 Å². The average Bonchev–Trinajstić information content (AvgIpc) is 2.87. The lowest BCUT2D eigenvalue weighted by Gasteiger charge is -2.14. The van der Waals surface area contributed by atoms with Crippen LogP contribution >= 0.6 is 0 Å². The average molecular weight is 360 g/mol. The Labute approximate surface area is 139 Å². The zero-order chi connectivity index (χ0) is 18.1. The van der Waals surface area contributed by atoms with Crippen LogP contribution in [-0.2, 0) is 29.5 Å². The number of nitrogens with zero attached hydrogens (tertiary/aromatic N) is 2. The lowest BCUT2D eigenvalue weighted by atomic mass is 10.1. The number of alkyl halides is 3. The first kappa shape index (κ1) is 18.5. The maximum atomic E-state index is 13.0. The third-order valence-electron chi connectivity index (χ3n) is 3.86. The first-order valence-corrected chi connectivity index (χ1v) is 9.22. The summed E-state index contributed by atoms with van der Waals surface area (Å²) in [6.45, 7) is 3.40. The van der Waals surface area contributed by atoms with Gasteiger partial charge in [0.25, 0.3) is 0 Å². The molecule has 0 fully saturated rings. The Hall–Kier alpha value is -1.83. The van der Waals surface area contributed by atoms with Crippen molar-refractivity contribution in [2.45, 2.75) is 37.8 Å². The molecule has 0 unspecified atom stereocenters. The van der Waals surface area contributed by atoms with Gasteiger partial charge in [-0.3, -0.25) is 0 Å². The minimum atomic E-state index is -4.61. The molecule has 1 aromatic carbocycles. The Morgan fingerprint density at radius 3 is 2.42 bits per heavy atom. The van der Waals surface area contributed by atoms with E-state index in [1.165, 1.54) is 13.0 Å². The van der Waals surface area contributed by atoms with Gasteiger partial charge in [0.2, 0.25) is 0 Å². The first-order valence-electron chi connectivity index (χ1n) is 7.56. The van der Waals surface area contributed by atoms with Gasteiger partial charge >= 0.3 is 6.18 Å². The minimum Gasteiger partial charge on any atom is -0.331 e. The predicted molar refractivity (Wildman–Crippen MR) is 85.4 cm³/mol. The molecule has 4 nitrogen and oxygen atoms in total. The van der Waals surface area contributed by atoms with Crippen molar-refractivity contribution in [3.05, 3.63) is 35.7 Å². The highest BCUT2D eigenvalue weighted by atomic mass is 32.2. The summed E-state index contributed by atoms with van der Waals surface area (Å²) >= 11 is 0. The maximum absolute atomic E-state index is 13.0. The molecule has 2 aromatic rings. The molecule has 0 N–H and O–H groups in total. The molecule has 0 radical (unpaired) electrons. The molecule has 1 heterocycles. The number of benzene rings is 1. The van der Waals surface area contributed by atoms with Crippen LogP contribution in [0.3, 0.4) is 0 Å². The molecule has 0 saturated carbocycles. The van der Waals surface area contributed by atoms with Crippen molar-refractivity contribution in [3.63, 3.8) is 0 Å². The molecule has 8 heteroatoms. The monoisotopic (exact) mass is 360 g/mol. The Kier molecular flexibility index (Phi) is 5.08.